The zero-order valence-electron chi connectivity index (χ0n) is 16.1. The fourth-order valence-corrected chi connectivity index (χ4v) is 4.23. The number of nitrogens with one attached hydrogen (secondary N) is 2. The van der Waals surface area contributed by atoms with Gasteiger partial charge in [-0.15, -0.1) is 0 Å². The molecule has 144 valence electrons. The molecule has 0 saturated carbocycles. The van der Waals surface area contributed by atoms with Crippen molar-refractivity contribution in [2.75, 3.05) is 26.2 Å². The number of nitrogens with zero attached hydrogens (tertiary/aromatic N) is 3. The first-order valence-electron chi connectivity index (χ1n) is 9.84. The zero-order chi connectivity index (χ0) is 18.7. The largest absolute Gasteiger partial charge is 0.353 e. The molecule has 2 aliphatic heterocycles. The monoisotopic (exact) mass is 361 g/mol. The minimum absolute atomic E-state index is 0.0155. The van der Waals surface area contributed by atoms with Crippen molar-refractivity contribution in [3.8, 4) is 0 Å². The number of piperidine rings is 1. The van der Waals surface area contributed by atoms with Gasteiger partial charge in [-0.25, -0.2) is 0 Å². The summed E-state index contributed by atoms with van der Waals surface area (Å²) in [5, 5.41) is 10.2. The van der Waals surface area contributed by atoms with Gasteiger partial charge in [-0.1, -0.05) is 6.92 Å². The Balaban J connectivity index is 1.57. The maximum Gasteiger partial charge on any atom is 0.237 e. The molecule has 0 spiro atoms. The average Bonchev–Trinajstić information content (AvgIpc) is 3.12. The number of hydrogen-bond acceptors (Lipinski definition) is 4. The van der Waals surface area contributed by atoms with E-state index in [0.717, 1.165) is 38.9 Å². The van der Waals surface area contributed by atoms with Gasteiger partial charge in [0.1, 0.15) is 0 Å². The molecule has 7 heteroatoms. The summed E-state index contributed by atoms with van der Waals surface area (Å²) < 4.78 is 0. The molecule has 2 fully saturated rings. The van der Waals surface area contributed by atoms with E-state index in [9.17, 15) is 9.59 Å². The third-order valence-corrected chi connectivity index (χ3v) is 5.79. The highest BCUT2D eigenvalue weighted by molar-refractivity contribution is 5.89. The molecule has 1 aromatic heterocycles. The Hall–Kier alpha value is -1.89. The minimum atomic E-state index is -0.340. The lowest BCUT2D eigenvalue weighted by atomic mass is 9.90. The zero-order valence-corrected chi connectivity index (χ0v) is 16.1. The summed E-state index contributed by atoms with van der Waals surface area (Å²) in [6.45, 7) is 9.28. The van der Waals surface area contributed by atoms with Gasteiger partial charge in [0.05, 0.1) is 18.7 Å². The Kier molecular flexibility index (Phi) is 5.96. The first-order valence-corrected chi connectivity index (χ1v) is 9.84. The Morgan fingerprint density at radius 3 is 2.69 bits per heavy atom. The van der Waals surface area contributed by atoms with E-state index >= 15 is 0 Å². The number of carbonyl (C=O) groups is 2. The maximum atomic E-state index is 12.8. The van der Waals surface area contributed by atoms with E-state index in [2.05, 4.69) is 41.2 Å². The molecule has 7 nitrogen and oxygen atoms in total. The molecular formula is C19H31N5O2. The lowest BCUT2D eigenvalue weighted by molar-refractivity contribution is -0.140. The maximum absolute atomic E-state index is 12.8. The molecule has 2 saturated heterocycles. The van der Waals surface area contributed by atoms with Crippen LogP contribution in [0.25, 0.3) is 0 Å². The van der Waals surface area contributed by atoms with E-state index in [0.29, 0.717) is 12.5 Å². The normalized spacial score (nSPS) is 22.7. The van der Waals surface area contributed by atoms with Gasteiger partial charge in [0.25, 0.3) is 0 Å². The lowest BCUT2D eigenvalue weighted by Gasteiger charge is -2.39. The fourth-order valence-electron chi connectivity index (χ4n) is 4.23. The lowest BCUT2D eigenvalue weighted by Crippen LogP contribution is -2.58. The number of aromatic amines is 1. The molecule has 2 aliphatic rings. The van der Waals surface area contributed by atoms with E-state index in [1.165, 1.54) is 11.3 Å². The van der Waals surface area contributed by atoms with Gasteiger partial charge < -0.3 is 10.2 Å². The molecular weight excluding hydrogens is 330 g/mol. The number of aromatic nitrogens is 2. The van der Waals surface area contributed by atoms with E-state index in [4.69, 9.17) is 0 Å². The van der Waals surface area contributed by atoms with Crippen molar-refractivity contribution in [2.45, 2.75) is 64.5 Å². The van der Waals surface area contributed by atoms with Crippen LogP contribution in [-0.4, -0.2) is 70.1 Å². The second-order valence-electron chi connectivity index (χ2n) is 7.66. The Bertz CT molecular complexity index is 634. The molecule has 0 bridgehead atoms. The van der Waals surface area contributed by atoms with E-state index in [-0.39, 0.29) is 30.3 Å². The molecule has 0 aliphatic carbocycles. The van der Waals surface area contributed by atoms with Gasteiger partial charge in [0.15, 0.2) is 0 Å². The highest BCUT2D eigenvalue weighted by Gasteiger charge is 2.35. The second-order valence-corrected chi connectivity index (χ2v) is 7.66. The molecule has 3 rings (SSSR count). The quantitative estimate of drug-likeness (QED) is 0.828. The predicted octanol–water partition coefficient (Wildman–Crippen LogP) is 1.28. The summed E-state index contributed by atoms with van der Waals surface area (Å²) in [5.74, 6) is 0.524. The predicted molar refractivity (Wildman–Crippen MR) is 99.8 cm³/mol. The van der Waals surface area contributed by atoms with Crippen LogP contribution in [0.1, 0.15) is 57.2 Å². The summed E-state index contributed by atoms with van der Waals surface area (Å²) in [7, 11) is 0. The third-order valence-electron chi connectivity index (χ3n) is 5.79. The van der Waals surface area contributed by atoms with Crippen molar-refractivity contribution in [3.05, 3.63) is 17.5 Å². The third kappa shape index (κ3) is 3.92. The van der Waals surface area contributed by atoms with Gasteiger partial charge in [-0.3, -0.25) is 19.6 Å². The minimum Gasteiger partial charge on any atom is -0.353 e. The van der Waals surface area contributed by atoms with Crippen molar-refractivity contribution in [2.24, 2.45) is 0 Å². The Morgan fingerprint density at radius 1 is 1.31 bits per heavy atom. The number of H-pyrrole nitrogens is 1. The summed E-state index contributed by atoms with van der Waals surface area (Å²) in [6, 6.07) is -0.0781. The van der Waals surface area contributed by atoms with Gasteiger partial charge in [0.2, 0.25) is 11.8 Å². The molecule has 26 heavy (non-hydrogen) atoms. The van der Waals surface area contributed by atoms with Crippen molar-refractivity contribution in [1.29, 1.82) is 0 Å². The number of hydrogen-bond donors (Lipinski definition) is 2. The molecule has 1 atom stereocenters. The van der Waals surface area contributed by atoms with Gasteiger partial charge >= 0.3 is 0 Å². The Labute approximate surface area is 155 Å². The highest BCUT2D eigenvalue weighted by Crippen LogP contribution is 2.29. The van der Waals surface area contributed by atoms with Gasteiger partial charge in [0, 0.05) is 43.8 Å². The first-order chi connectivity index (χ1) is 12.5. The first kappa shape index (κ1) is 18.9. The van der Waals surface area contributed by atoms with Gasteiger partial charge in [-0.2, -0.15) is 5.10 Å². The van der Waals surface area contributed by atoms with Crippen LogP contribution in [-0.2, 0) is 16.0 Å². The van der Waals surface area contributed by atoms with Gasteiger partial charge in [-0.05, 0) is 38.7 Å². The standard InChI is InChI=1S/C19H31N5O2/c1-4-14-12-21-22-18(14)15-5-8-23(9-6-15)17(25)11-16-19(26)20-7-10-24(16)13(2)3/h12-13,15-16H,4-11H2,1-3H3,(H,20,26)(H,21,22)/t16-/m1/s1. The number of piperazine rings is 1. The number of carbonyl (C=O) groups excluding carboxylic acids is 2. The SMILES string of the molecule is CCc1cn[nH]c1C1CCN(C(=O)C[C@@H]2C(=O)NCCN2C(C)C)CC1. The smallest absolute Gasteiger partial charge is 0.237 e. The summed E-state index contributed by atoms with van der Waals surface area (Å²) >= 11 is 0. The molecule has 2 N–H and O–H groups in total. The number of aryl methyl sites for hydroxylation is 1. The molecule has 0 unspecified atom stereocenters. The molecule has 2 amide bonds. The van der Waals surface area contributed by atoms with E-state index in [1.54, 1.807) is 0 Å². The van der Waals surface area contributed by atoms with Crippen LogP contribution in [0, 0.1) is 0 Å². The van der Waals surface area contributed by atoms with E-state index < -0.39 is 0 Å². The summed E-state index contributed by atoms with van der Waals surface area (Å²) in [6.07, 6.45) is 5.07. The topological polar surface area (TPSA) is 81.3 Å². The highest BCUT2D eigenvalue weighted by atomic mass is 16.2. The van der Waals surface area contributed by atoms with Crippen LogP contribution in [0.15, 0.2) is 6.20 Å². The summed E-state index contributed by atoms with van der Waals surface area (Å²) in [4.78, 5) is 29.1. The van der Waals surface area contributed by atoms with Crippen molar-refractivity contribution >= 4 is 11.8 Å². The van der Waals surface area contributed by atoms with Crippen LogP contribution in [0.5, 0.6) is 0 Å². The Morgan fingerprint density at radius 2 is 2.04 bits per heavy atom. The van der Waals surface area contributed by atoms with E-state index in [1.807, 2.05) is 11.1 Å². The molecule has 3 heterocycles. The number of likely N-dealkylation sites (tertiary alicyclic amines) is 1. The molecule has 0 aromatic carbocycles. The molecule has 1 aromatic rings. The van der Waals surface area contributed by atoms with Crippen molar-refractivity contribution in [1.82, 2.24) is 25.3 Å². The fraction of sp³-hybridized carbons (Fsp3) is 0.737. The van der Waals surface area contributed by atoms with Crippen LogP contribution in [0.3, 0.4) is 0 Å². The van der Waals surface area contributed by atoms with Crippen molar-refractivity contribution < 1.29 is 9.59 Å². The second kappa shape index (κ2) is 8.20. The van der Waals surface area contributed by atoms with Crippen LogP contribution in [0.2, 0.25) is 0 Å². The van der Waals surface area contributed by atoms with Crippen LogP contribution in [0.4, 0.5) is 0 Å². The average molecular weight is 361 g/mol. The van der Waals surface area contributed by atoms with Crippen LogP contribution < -0.4 is 5.32 Å². The summed E-state index contributed by atoms with van der Waals surface area (Å²) in [5.41, 5.74) is 2.51. The number of amides is 2. The molecule has 0 radical (unpaired) electrons. The van der Waals surface area contributed by atoms with Crippen LogP contribution >= 0.6 is 0 Å². The number of rotatable bonds is 5. The van der Waals surface area contributed by atoms with Crippen molar-refractivity contribution in [3.63, 3.8) is 0 Å².